The molecule has 0 spiro atoms. The molecule has 2 aromatic carbocycles. The number of nitrogens with one attached hydrogen (secondary N) is 1. The summed E-state index contributed by atoms with van der Waals surface area (Å²) >= 11 is 0. The summed E-state index contributed by atoms with van der Waals surface area (Å²) in [6.45, 7) is 6.74. The van der Waals surface area contributed by atoms with Crippen molar-refractivity contribution in [3.05, 3.63) is 71.8 Å². The number of aliphatic carboxylic acids is 1. The van der Waals surface area contributed by atoms with E-state index in [-0.39, 0.29) is 49.2 Å². The maximum absolute atomic E-state index is 13.6. The van der Waals surface area contributed by atoms with Gasteiger partial charge in [0.1, 0.15) is 5.78 Å². The monoisotopic (exact) mass is 564 g/mol. The molecule has 1 heterocycles. The van der Waals surface area contributed by atoms with E-state index < -0.39 is 23.8 Å². The highest BCUT2D eigenvalue weighted by Gasteiger charge is 2.31. The lowest BCUT2D eigenvalue weighted by Gasteiger charge is -2.27. The number of carbonyl (C=O) groups excluding carboxylic acids is 3. The molecule has 0 unspecified atom stereocenters. The van der Waals surface area contributed by atoms with Gasteiger partial charge < -0.3 is 15.2 Å². The Labute approximate surface area is 243 Å². The topological polar surface area (TPSA) is 113 Å². The van der Waals surface area contributed by atoms with Crippen molar-refractivity contribution in [3.63, 3.8) is 0 Å². The van der Waals surface area contributed by atoms with Gasteiger partial charge in [-0.2, -0.15) is 0 Å². The minimum absolute atomic E-state index is 0.0133. The van der Waals surface area contributed by atoms with Crippen molar-refractivity contribution >= 4 is 23.4 Å². The first-order valence-corrected chi connectivity index (χ1v) is 14.7. The SMILES string of the molecule is CC(C)C[C@@H](NC(=O)[C@H](CCc1ccccc1)CC(=O)CN1CCOCC1)C(=O)C[C@H](Cc1ccccc1)C(=O)O. The van der Waals surface area contributed by atoms with Gasteiger partial charge in [-0.1, -0.05) is 74.5 Å². The summed E-state index contributed by atoms with van der Waals surface area (Å²) in [5.41, 5.74) is 1.92. The average molecular weight is 565 g/mol. The molecule has 41 heavy (non-hydrogen) atoms. The Morgan fingerprint density at radius 2 is 1.49 bits per heavy atom. The first kappa shape index (κ1) is 32.2. The number of carbonyl (C=O) groups is 4. The highest BCUT2D eigenvalue weighted by Crippen LogP contribution is 2.20. The summed E-state index contributed by atoms with van der Waals surface area (Å²) < 4.78 is 5.38. The van der Waals surface area contributed by atoms with Crippen molar-refractivity contribution < 1.29 is 29.0 Å². The van der Waals surface area contributed by atoms with Crippen LogP contribution in [0.25, 0.3) is 0 Å². The lowest BCUT2D eigenvalue weighted by molar-refractivity contribution is -0.144. The third-order valence-corrected chi connectivity index (χ3v) is 7.51. The van der Waals surface area contributed by atoms with Crippen LogP contribution in [0.5, 0.6) is 0 Å². The van der Waals surface area contributed by atoms with Crippen LogP contribution < -0.4 is 5.32 Å². The number of ketones is 2. The maximum Gasteiger partial charge on any atom is 0.307 e. The number of nitrogens with zero attached hydrogens (tertiary/aromatic N) is 1. The quantitative estimate of drug-likeness (QED) is 0.299. The second-order valence-electron chi connectivity index (χ2n) is 11.4. The molecule has 0 bridgehead atoms. The maximum atomic E-state index is 13.6. The minimum Gasteiger partial charge on any atom is -0.481 e. The lowest BCUT2D eigenvalue weighted by atomic mass is 9.88. The molecule has 1 fully saturated rings. The van der Waals surface area contributed by atoms with Crippen molar-refractivity contribution in [1.82, 2.24) is 10.2 Å². The lowest BCUT2D eigenvalue weighted by Crippen LogP contribution is -2.46. The van der Waals surface area contributed by atoms with E-state index in [2.05, 4.69) is 5.32 Å². The van der Waals surface area contributed by atoms with Gasteiger partial charge in [0, 0.05) is 31.8 Å². The zero-order chi connectivity index (χ0) is 29.6. The third kappa shape index (κ3) is 11.6. The van der Waals surface area contributed by atoms with Crippen LogP contribution in [0, 0.1) is 17.8 Å². The van der Waals surface area contributed by atoms with Gasteiger partial charge in [-0.15, -0.1) is 0 Å². The smallest absolute Gasteiger partial charge is 0.307 e. The van der Waals surface area contributed by atoms with Crippen molar-refractivity contribution in [1.29, 1.82) is 0 Å². The van der Waals surface area contributed by atoms with Gasteiger partial charge in [0.25, 0.3) is 0 Å². The van der Waals surface area contributed by atoms with Crippen molar-refractivity contribution in [3.8, 4) is 0 Å². The largest absolute Gasteiger partial charge is 0.481 e. The second-order valence-corrected chi connectivity index (χ2v) is 11.4. The summed E-state index contributed by atoms with van der Waals surface area (Å²) in [6, 6.07) is 18.2. The molecule has 1 aliphatic rings. The van der Waals surface area contributed by atoms with Crippen LogP contribution in [0.4, 0.5) is 0 Å². The highest BCUT2D eigenvalue weighted by atomic mass is 16.5. The molecule has 3 rings (SSSR count). The summed E-state index contributed by atoms with van der Waals surface area (Å²) in [4.78, 5) is 54.2. The molecule has 2 aromatic rings. The minimum atomic E-state index is -1.04. The zero-order valence-electron chi connectivity index (χ0n) is 24.3. The number of carboxylic acids is 1. The predicted octanol–water partition coefficient (Wildman–Crippen LogP) is 3.96. The van der Waals surface area contributed by atoms with Crippen LogP contribution in [-0.4, -0.2) is 72.3 Å². The van der Waals surface area contributed by atoms with E-state index in [1.807, 2.05) is 79.4 Å². The molecule has 0 aliphatic carbocycles. The second kappa shape index (κ2) is 16.8. The fraction of sp³-hybridized carbons (Fsp3) is 0.515. The number of carboxylic acid groups (broad SMARTS) is 1. The Morgan fingerprint density at radius 1 is 0.878 bits per heavy atom. The normalized spacial score (nSPS) is 16.1. The summed E-state index contributed by atoms with van der Waals surface area (Å²) in [5, 5.41) is 12.8. The van der Waals surface area contributed by atoms with Crippen LogP contribution >= 0.6 is 0 Å². The van der Waals surface area contributed by atoms with Crippen molar-refractivity contribution in [2.24, 2.45) is 17.8 Å². The molecule has 1 amide bonds. The zero-order valence-corrected chi connectivity index (χ0v) is 24.3. The molecule has 0 aromatic heterocycles. The number of morpholine rings is 1. The van der Waals surface area contributed by atoms with Gasteiger partial charge in [0.05, 0.1) is 31.7 Å². The molecular formula is C33H44N2O6. The van der Waals surface area contributed by atoms with Gasteiger partial charge in [0.2, 0.25) is 5.91 Å². The van der Waals surface area contributed by atoms with Crippen LogP contribution in [-0.2, 0) is 36.8 Å². The first-order chi connectivity index (χ1) is 19.7. The van der Waals surface area contributed by atoms with Gasteiger partial charge >= 0.3 is 5.97 Å². The Bertz CT molecular complexity index is 1120. The number of Topliss-reactive ketones (excluding diaryl/α,β-unsaturated/α-hetero) is 2. The number of aryl methyl sites for hydroxylation is 1. The number of hydrogen-bond acceptors (Lipinski definition) is 6. The summed E-state index contributed by atoms with van der Waals surface area (Å²) in [5.74, 6) is -3.05. The Kier molecular flexibility index (Phi) is 13.2. The Morgan fingerprint density at radius 3 is 2.07 bits per heavy atom. The predicted molar refractivity (Wildman–Crippen MR) is 157 cm³/mol. The third-order valence-electron chi connectivity index (χ3n) is 7.51. The number of rotatable bonds is 17. The van der Waals surface area contributed by atoms with E-state index in [4.69, 9.17) is 4.74 Å². The Balaban J connectivity index is 1.70. The Hall–Kier alpha value is -3.36. The molecule has 2 N–H and O–H groups in total. The number of amides is 1. The standard InChI is InChI=1S/C33H44N2O6/c1-24(2)19-30(31(37)22-28(33(39)40)20-26-11-7-4-8-12-26)34-32(38)27(14-13-25-9-5-3-6-10-25)21-29(36)23-35-15-17-41-18-16-35/h3-12,24,27-28,30H,13-23H2,1-2H3,(H,34,38)(H,39,40)/t27-,28+,30-/m1/s1. The van der Waals surface area contributed by atoms with E-state index >= 15 is 0 Å². The van der Waals surface area contributed by atoms with E-state index in [1.54, 1.807) is 0 Å². The fourth-order valence-corrected chi connectivity index (χ4v) is 5.22. The molecule has 8 nitrogen and oxygen atoms in total. The first-order valence-electron chi connectivity index (χ1n) is 14.7. The average Bonchev–Trinajstić information content (AvgIpc) is 2.95. The molecule has 1 saturated heterocycles. The molecule has 1 aliphatic heterocycles. The van der Waals surface area contributed by atoms with Crippen molar-refractivity contribution in [2.75, 3.05) is 32.8 Å². The summed E-state index contributed by atoms with van der Waals surface area (Å²) in [6.07, 6.45) is 1.65. The molecule has 0 radical (unpaired) electrons. The van der Waals surface area contributed by atoms with Crippen LogP contribution in [0.1, 0.15) is 50.7 Å². The molecular weight excluding hydrogens is 520 g/mol. The van der Waals surface area contributed by atoms with Gasteiger partial charge in [-0.05, 0) is 42.7 Å². The fourth-order valence-electron chi connectivity index (χ4n) is 5.22. The van der Waals surface area contributed by atoms with Crippen LogP contribution in [0.3, 0.4) is 0 Å². The number of ether oxygens (including phenoxy) is 1. The number of hydrogen-bond donors (Lipinski definition) is 2. The van der Waals surface area contributed by atoms with Gasteiger partial charge in [0.15, 0.2) is 5.78 Å². The van der Waals surface area contributed by atoms with Crippen molar-refractivity contribution in [2.45, 2.75) is 58.4 Å². The van der Waals surface area contributed by atoms with E-state index in [9.17, 15) is 24.3 Å². The van der Waals surface area contributed by atoms with Crippen LogP contribution in [0.15, 0.2) is 60.7 Å². The molecule has 8 heteroatoms. The van der Waals surface area contributed by atoms with E-state index in [0.717, 1.165) is 11.1 Å². The molecule has 3 atom stereocenters. The van der Waals surface area contributed by atoms with Crippen LogP contribution in [0.2, 0.25) is 0 Å². The van der Waals surface area contributed by atoms with Gasteiger partial charge in [-0.25, -0.2) is 0 Å². The number of benzene rings is 2. The van der Waals surface area contributed by atoms with Gasteiger partial charge in [-0.3, -0.25) is 24.1 Å². The summed E-state index contributed by atoms with van der Waals surface area (Å²) in [7, 11) is 0. The van der Waals surface area contributed by atoms with E-state index in [1.165, 1.54) is 0 Å². The molecule has 222 valence electrons. The van der Waals surface area contributed by atoms with E-state index in [0.29, 0.717) is 45.6 Å². The molecule has 0 saturated carbocycles. The highest BCUT2D eigenvalue weighted by molar-refractivity contribution is 5.93.